The van der Waals surface area contributed by atoms with Crippen molar-refractivity contribution in [2.24, 2.45) is 22.4 Å². The molecular formula is C14H25N3O5S. The molecule has 0 rings (SSSR count). The van der Waals surface area contributed by atoms with Crippen LogP contribution in [0.15, 0.2) is 4.99 Å². The Morgan fingerprint density at radius 1 is 1.26 bits per heavy atom. The van der Waals surface area contributed by atoms with Crippen molar-refractivity contribution in [2.75, 3.05) is 38.6 Å². The SMILES string of the molecule is CCOCCSC(C)=NCC(=O)C(CCN)C(=O)OC(=O)CN. The summed E-state index contributed by atoms with van der Waals surface area (Å²) in [6.45, 7) is 4.47. The Balaban J connectivity index is 4.49. The lowest BCUT2D eigenvalue weighted by atomic mass is 10.0. The Morgan fingerprint density at radius 2 is 1.96 bits per heavy atom. The molecule has 23 heavy (non-hydrogen) atoms. The number of nitrogens with two attached hydrogens (primary N) is 2. The van der Waals surface area contributed by atoms with Crippen molar-refractivity contribution in [3.8, 4) is 0 Å². The van der Waals surface area contributed by atoms with Gasteiger partial charge < -0.3 is 20.9 Å². The quantitative estimate of drug-likeness (QED) is 0.172. The molecule has 0 aromatic carbocycles. The Morgan fingerprint density at radius 3 is 2.52 bits per heavy atom. The summed E-state index contributed by atoms with van der Waals surface area (Å²) in [5.74, 6) is -2.60. The van der Waals surface area contributed by atoms with E-state index in [-0.39, 0.29) is 19.5 Å². The van der Waals surface area contributed by atoms with Gasteiger partial charge in [0.15, 0.2) is 5.78 Å². The number of carbonyl (C=O) groups excluding carboxylic acids is 3. The average molecular weight is 347 g/mol. The summed E-state index contributed by atoms with van der Waals surface area (Å²) in [5.41, 5.74) is 10.5. The van der Waals surface area contributed by atoms with Gasteiger partial charge in [0.05, 0.1) is 24.7 Å². The Hall–Kier alpha value is -1.29. The molecule has 0 radical (unpaired) electrons. The van der Waals surface area contributed by atoms with Gasteiger partial charge in [0.1, 0.15) is 5.92 Å². The van der Waals surface area contributed by atoms with Gasteiger partial charge in [-0.05, 0) is 26.8 Å². The molecule has 0 aromatic rings. The number of nitrogens with zero attached hydrogens (tertiary/aromatic N) is 1. The van der Waals surface area contributed by atoms with E-state index in [4.69, 9.17) is 16.2 Å². The van der Waals surface area contributed by atoms with Crippen molar-refractivity contribution in [2.45, 2.75) is 20.3 Å². The van der Waals surface area contributed by atoms with E-state index in [1.54, 1.807) is 6.92 Å². The molecule has 0 fully saturated rings. The number of hydrogen-bond donors (Lipinski definition) is 2. The fourth-order valence-corrected chi connectivity index (χ4v) is 2.19. The minimum absolute atomic E-state index is 0.0988. The van der Waals surface area contributed by atoms with Gasteiger partial charge in [0.25, 0.3) is 0 Å². The standard InChI is InChI=1S/C14H25N3O5S/c1-3-21-6-7-23-10(2)17-9-12(18)11(4-5-15)14(20)22-13(19)8-16/h11H,3-9,15-16H2,1-2H3. The maximum absolute atomic E-state index is 12.1. The second-order valence-electron chi connectivity index (χ2n) is 4.47. The van der Waals surface area contributed by atoms with E-state index in [1.807, 2.05) is 6.92 Å². The molecule has 8 nitrogen and oxygen atoms in total. The number of thioether (sulfide) groups is 1. The molecule has 0 aliphatic heterocycles. The molecule has 0 spiro atoms. The van der Waals surface area contributed by atoms with E-state index >= 15 is 0 Å². The predicted molar refractivity (Wildman–Crippen MR) is 89.2 cm³/mol. The zero-order valence-electron chi connectivity index (χ0n) is 13.6. The second-order valence-corrected chi connectivity index (χ2v) is 5.76. The molecular weight excluding hydrogens is 322 g/mol. The number of hydrogen-bond acceptors (Lipinski definition) is 9. The lowest BCUT2D eigenvalue weighted by Crippen LogP contribution is -2.33. The molecule has 0 aliphatic carbocycles. The summed E-state index contributed by atoms with van der Waals surface area (Å²) in [7, 11) is 0. The topological polar surface area (TPSA) is 134 Å². The fourth-order valence-electron chi connectivity index (χ4n) is 1.54. The molecule has 132 valence electrons. The Labute approximate surface area is 140 Å². The largest absolute Gasteiger partial charge is 0.392 e. The number of Topliss-reactive ketones (excluding diaryl/α,β-unsaturated/α-hetero) is 1. The fraction of sp³-hybridized carbons (Fsp3) is 0.714. The van der Waals surface area contributed by atoms with Gasteiger partial charge in [-0.2, -0.15) is 0 Å². The van der Waals surface area contributed by atoms with Crippen LogP contribution < -0.4 is 11.5 Å². The summed E-state index contributed by atoms with van der Waals surface area (Å²) in [5, 5.41) is 0.718. The third-order valence-electron chi connectivity index (χ3n) is 2.71. The zero-order valence-corrected chi connectivity index (χ0v) is 14.4. The first-order chi connectivity index (χ1) is 11.0. The van der Waals surface area contributed by atoms with Crippen molar-refractivity contribution in [3.63, 3.8) is 0 Å². The molecule has 0 saturated carbocycles. The monoisotopic (exact) mass is 347 g/mol. The van der Waals surface area contributed by atoms with Crippen LogP contribution in [0.1, 0.15) is 20.3 Å². The minimum Gasteiger partial charge on any atom is -0.392 e. The highest BCUT2D eigenvalue weighted by Crippen LogP contribution is 2.09. The van der Waals surface area contributed by atoms with E-state index in [0.717, 1.165) is 10.8 Å². The highest BCUT2D eigenvalue weighted by atomic mass is 32.2. The molecule has 0 saturated heterocycles. The molecule has 1 atom stereocenters. The van der Waals surface area contributed by atoms with E-state index < -0.39 is 30.2 Å². The molecule has 0 bridgehead atoms. The molecule has 0 aromatic heterocycles. The lowest BCUT2D eigenvalue weighted by molar-refractivity contribution is -0.162. The van der Waals surface area contributed by atoms with E-state index in [2.05, 4.69) is 9.73 Å². The van der Waals surface area contributed by atoms with Crippen molar-refractivity contribution >= 4 is 34.5 Å². The van der Waals surface area contributed by atoms with Crippen molar-refractivity contribution in [1.82, 2.24) is 0 Å². The van der Waals surface area contributed by atoms with Crippen LogP contribution >= 0.6 is 11.8 Å². The number of aliphatic imine (C=N–C) groups is 1. The van der Waals surface area contributed by atoms with E-state index in [0.29, 0.717) is 13.2 Å². The first-order valence-corrected chi connectivity index (χ1v) is 8.33. The summed E-state index contributed by atoms with van der Waals surface area (Å²) < 4.78 is 9.68. The van der Waals surface area contributed by atoms with Gasteiger partial charge in [-0.3, -0.25) is 19.4 Å². The van der Waals surface area contributed by atoms with Crippen molar-refractivity contribution in [1.29, 1.82) is 0 Å². The average Bonchev–Trinajstić information content (AvgIpc) is 2.54. The molecule has 9 heteroatoms. The molecule has 0 aliphatic rings. The van der Waals surface area contributed by atoms with Crippen LogP contribution in [0.2, 0.25) is 0 Å². The van der Waals surface area contributed by atoms with Gasteiger partial charge in [-0.15, -0.1) is 11.8 Å². The second kappa shape index (κ2) is 13.2. The summed E-state index contributed by atoms with van der Waals surface area (Å²) in [4.78, 5) is 39.0. The number of ether oxygens (including phenoxy) is 2. The number of esters is 2. The Kier molecular flexibility index (Phi) is 12.4. The maximum atomic E-state index is 12.1. The highest BCUT2D eigenvalue weighted by Gasteiger charge is 2.28. The maximum Gasteiger partial charge on any atom is 0.327 e. The van der Waals surface area contributed by atoms with Crippen LogP contribution in [0.25, 0.3) is 0 Å². The molecule has 4 N–H and O–H groups in total. The van der Waals surface area contributed by atoms with Crippen molar-refractivity contribution in [3.05, 3.63) is 0 Å². The number of ketones is 1. The van der Waals surface area contributed by atoms with Gasteiger partial charge >= 0.3 is 11.9 Å². The summed E-state index contributed by atoms with van der Waals surface area (Å²) >= 11 is 1.47. The smallest absolute Gasteiger partial charge is 0.327 e. The Bertz CT molecular complexity index is 429. The first kappa shape index (κ1) is 21.7. The van der Waals surface area contributed by atoms with Crippen LogP contribution in [0.5, 0.6) is 0 Å². The zero-order chi connectivity index (χ0) is 17.7. The number of rotatable bonds is 11. The third kappa shape index (κ3) is 10.2. The lowest BCUT2D eigenvalue weighted by Gasteiger charge is -2.12. The molecule has 0 amide bonds. The highest BCUT2D eigenvalue weighted by molar-refractivity contribution is 8.13. The molecule has 1 unspecified atom stereocenters. The van der Waals surface area contributed by atoms with Crippen LogP contribution in [0.3, 0.4) is 0 Å². The van der Waals surface area contributed by atoms with Gasteiger partial charge in [-0.25, -0.2) is 0 Å². The third-order valence-corrected chi connectivity index (χ3v) is 3.63. The van der Waals surface area contributed by atoms with Crippen LogP contribution in [-0.4, -0.2) is 61.4 Å². The van der Waals surface area contributed by atoms with E-state index in [9.17, 15) is 14.4 Å². The van der Waals surface area contributed by atoms with Crippen LogP contribution in [0, 0.1) is 5.92 Å². The number of carbonyl (C=O) groups is 3. The van der Waals surface area contributed by atoms with Gasteiger partial charge in [-0.1, -0.05) is 0 Å². The summed E-state index contributed by atoms with van der Waals surface area (Å²) in [6.07, 6.45) is 0.0988. The van der Waals surface area contributed by atoms with Crippen LogP contribution in [0.4, 0.5) is 0 Å². The molecule has 0 heterocycles. The first-order valence-electron chi connectivity index (χ1n) is 7.35. The van der Waals surface area contributed by atoms with Crippen molar-refractivity contribution < 1.29 is 23.9 Å². The van der Waals surface area contributed by atoms with E-state index in [1.165, 1.54) is 11.8 Å². The predicted octanol–water partition coefficient (Wildman–Crippen LogP) is -0.263. The normalized spacial score (nSPS) is 12.8. The minimum atomic E-state index is -1.10. The van der Waals surface area contributed by atoms with Crippen LogP contribution in [-0.2, 0) is 23.9 Å². The van der Waals surface area contributed by atoms with Gasteiger partial charge in [0, 0.05) is 12.4 Å². The van der Waals surface area contributed by atoms with Gasteiger partial charge in [0.2, 0.25) is 0 Å². The summed E-state index contributed by atoms with van der Waals surface area (Å²) in [6, 6.07) is 0.